The van der Waals surface area contributed by atoms with Crippen molar-refractivity contribution in [3.05, 3.63) is 75.7 Å². The molecule has 0 spiro atoms. The average Bonchev–Trinajstić information content (AvgIpc) is 3.25. The zero-order valence-electron chi connectivity index (χ0n) is 19.4. The molecule has 1 saturated heterocycles. The van der Waals surface area contributed by atoms with Gasteiger partial charge in [-0.2, -0.15) is 0 Å². The minimum atomic E-state index is -0.135. The first-order chi connectivity index (χ1) is 16.2. The second-order valence-electron chi connectivity index (χ2n) is 10.4. The van der Waals surface area contributed by atoms with E-state index >= 15 is 0 Å². The Balaban J connectivity index is 1.21. The van der Waals surface area contributed by atoms with Crippen LogP contribution in [0.3, 0.4) is 0 Å². The van der Waals surface area contributed by atoms with E-state index in [0.29, 0.717) is 0 Å². The van der Waals surface area contributed by atoms with E-state index in [9.17, 15) is 4.39 Å². The monoisotopic (exact) mass is 460 g/mol. The normalized spacial score (nSPS) is 19.5. The van der Waals surface area contributed by atoms with E-state index in [1.165, 1.54) is 89.4 Å². The molecule has 0 amide bonds. The molecule has 2 fully saturated rings. The smallest absolute Gasteiger partial charge is 0.123 e. The zero-order chi connectivity index (χ0) is 22.3. The second kappa shape index (κ2) is 8.96. The average molecular weight is 461 g/mol. The molecule has 0 bridgehead atoms. The fraction of sp³-hybridized carbons (Fsp3) is 0.483. The molecule has 0 atom stereocenters. The third kappa shape index (κ3) is 4.28. The first-order valence-electron chi connectivity index (χ1n) is 12.8. The van der Waals surface area contributed by atoms with Crippen LogP contribution >= 0.6 is 11.3 Å². The van der Waals surface area contributed by atoms with Crippen molar-refractivity contribution in [3.8, 4) is 10.4 Å². The summed E-state index contributed by atoms with van der Waals surface area (Å²) in [5.74, 6) is -0.135. The Morgan fingerprint density at radius 3 is 2.52 bits per heavy atom. The fourth-order valence-corrected chi connectivity index (χ4v) is 7.34. The number of likely N-dealkylation sites (tertiary alicyclic amines) is 1. The number of benzene rings is 2. The summed E-state index contributed by atoms with van der Waals surface area (Å²) >= 11 is 1.92. The summed E-state index contributed by atoms with van der Waals surface area (Å²) in [7, 11) is 0. The van der Waals surface area contributed by atoms with Crippen molar-refractivity contribution in [1.82, 2.24) is 9.88 Å². The molecule has 4 heteroatoms. The van der Waals surface area contributed by atoms with E-state index in [2.05, 4.69) is 23.1 Å². The molecule has 1 aliphatic heterocycles. The van der Waals surface area contributed by atoms with Crippen LogP contribution in [0, 0.1) is 5.82 Å². The van der Waals surface area contributed by atoms with Crippen molar-refractivity contribution < 1.29 is 4.39 Å². The number of nitrogens with zero attached hydrogens (tertiary/aromatic N) is 2. The lowest BCUT2D eigenvalue weighted by Crippen LogP contribution is -2.36. The molecule has 2 nitrogen and oxygen atoms in total. The SMILES string of the molecule is Fc1ccc(C2(CCc3nc4c(s3)-c3ccc(CN5CCC5)cc3CC4)CCCCC2)cc1. The number of fused-ring (bicyclic) bond motifs is 3. The van der Waals surface area contributed by atoms with Gasteiger partial charge in [-0.1, -0.05) is 49.6 Å². The summed E-state index contributed by atoms with van der Waals surface area (Å²) < 4.78 is 13.6. The van der Waals surface area contributed by atoms with Crippen LogP contribution in [-0.2, 0) is 31.2 Å². The highest BCUT2D eigenvalue weighted by Crippen LogP contribution is 2.44. The van der Waals surface area contributed by atoms with Crippen LogP contribution in [0.4, 0.5) is 4.39 Å². The van der Waals surface area contributed by atoms with Crippen LogP contribution in [0.15, 0.2) is 42.5 Å². The molecule has 0 radical (unpaired) electrons. The van der Waals surface area contributed by atoms with Gasteiger partial charge in [0.05, 0.1) is 15.6 Å². The molecule has 0 N–H and O–H groups in total. The van der Waals surface area contributed by atoms with Crippen molar-refractivity contribution in [2.75, 3.05) is 13.1 Å². The Morgan fingerprint density at radius 1 is 0.939 bits per heavy atom. The number of aromatic nitrogens is 1. The van der Waals surface area contributed by atoms with E-state index in [0.717, 1.165) is 32.2 Å². The minimum Gasteiger partial charge on any atom is -0.299 e. The molecular weight excluding hydrogens is 427 g/mol. The van der Waals surface area contributed by atoms with Crippen LogP contribution in [0.1, 0.15) is 72.3 Å². The molecule has 3 aromatic rings. The molecule has 2 aliphatic carbocycles. The third-order valence-electron chi connectivity index (χ3n) is 8.23. The van der Waals surface area contributed by atoms with Gasteiger partial charge < -0.3 is 0 Å². The number of hydrogen-bond donors (Lipinski definition) is 0. The molecule has 0 unspecified atom stereocenters. The molecule has 33 heavy (non-hydrogen) atoms. The van der Waals surface area contributed by atoms with Gasteiger partial charge in [0.1, 0.15) is 5.82 Å². The van der Waals surface area contributed by atoms with Gasteiger partial charge in [-0.05, 0) is 91.4 Å². The predicted molar refractivity (Wildman–Crippen MR) is 134 cm³/mol. The molecule has 2 aromatic carbocycles. The summed E-state index contributed by atoms with van der Waals surface area (Å²) in [6, 6.07) is 14.5. The maximum atomic E-state index is 13.6. The summed E-state index contributed by atoms with van der Waals surface area (Å²) in [6.07, 6.45) is 12.0. The molecule has 172 valence electrons. The van der Waals surface area contributed by atoms with Crippen LogP contribution in [0.5, 0.6) is 0 Å². The second-order valence-corrected chi connectivity index (χ2v) is 11.4. The van der Waals surface area contributed by atoms with E-state index in [4.69, 9.17) is 4.98 Å². The van der Waals surface area contributed by atoms with Crippen molar-refractivity contribution >= 4 is 11.3 Å². The van der Waals surface area contributed by atoms with E-state index < -0.39 is 0 Å². The van der Waals surface area contributed by atoms with Crippen LogP contribution < -0.4 is 0 Å². The van der Waals surface area contributed by atoms with Gasteiger partial charge in [0.25, 0.3) is 0 Å². The Morgan fingerprint density at radius 2 is 1.76 bits per heavy atom. The van der Waals surface area contributed by atoms with E-state index in [-0.39, 0.29) is 11.2 Å². The molecule has 6 rings (SSSR count). The van der Waals surface area contributed by atoms with Gasteiger partial charge >= 0.3 is 0 Å². The van der Waals surface area contributed by atoms with E-state index in [1.54, 1.807) is 12.1 Å². The summed E-state index contributed by atoms with van der Waals surface area (Å²) in [5, 5.41) is 1.28. The topological polar surface area (TPSA) is 16.1 Å². The standard InChI is InChI=1S/C29H33FN2S/c30-24-9-7-23(8-10-24)29(14-2-1-3-15-29)16-13-27-31-26-12-6-22-19-21(20-32-17-4-18-32)5-11-25(22)28(26)33-27/h5,7-11,19H,1-4,6,12-18,20H2. The number of aryl methyl sites for hydroxylation is 3. The van der Waals surface area contributed by atoms with Crippen molar-refractivity contribution in [2.24, 2.45) is 0 Å². The summed E-state index contributed by atoms with van der Waals surface area (Å²) in [6.45, 7) is 3.59. The van der Waals surface area contributed by atoms with Gasteiger partial charge in [-0.25, -0.2) is 9.37 Å². The molecule has 3 aliphatic rings. The lowest BCUT2D eigenvalue weighted by Gasteiger charge is -2.38. The highest BCUT2D eigenvalue weighted by Gasteiger charge is 2.34. The Kier molecular flexibility index (Phi) is 5.83. The number of thiazole rings is 1. The third-order valence-corrected chi connectivity index (χ3v) is 9.42. The number of halogens is 1. The molecule has 2 heterocycles. The lowest BCUT2D eigenvalue weighted by molar-refractivity contribution is 0.172. The first kappa shape index (κ1) is 21.5. The molecule has 1 saturated carbocycles. The number of rotatable bonds is 6. The predicted octanol–water partition coefficient (Wildman–Crippen LogP) is 7.09. The van der Waals surface area contributed by atoms with Gasteiger partial charge in [0.15, 0.2) is 0 Å². The maximum absolute atomic E-state index is 13.6. The first-order valence-corrected chi connectivity index (χ1v) is 13.6. The summed E-state index contributed by atoms with van der Waals surface area (Å²) in [4.78, 5) is 9.05. The van der Waals surface area contributed by atoms with Crippen molar-refractivity contribution in [1.29, 1.82) is 0 Å². The Bertz CT molecular complexity index is 1120. The van der Waals surface area contributed by atoms with E-state index in [1.807, 2.05) is 23.5 Å². The molecule has 1 aromatic heterocycles. The van der Waals surface area contributed by atoms with Crippen LogP contribution in [0.25, 0.3) is 10.4 Å². The fourth-order valence-electron chi connectivity index (χ4n) is 6.17. The minimum absolute atomic E-state index is 0.135. The Hall–Kier alpha value is -2.04. The van der Waals surface area contributed by atoms with Crippen molar-refractivity contribution in [3.63, 3.8) is 0 Å². The maximum Gasteiger partial charge on any atom is 0.123 e. The van der Waals surface area contributed by atoms with Gasteiger partial charge in [0, 0.05) is 13.0 Å². The molecular formula is C29H33FN2S. The van der Waals surface area contributed by atoms with Gasteiger partial charge in [-0.3, -0.25) is 4.90 Å². The zero-order valence-corrected chi connectivity index (χ0v) is 20.2. The van der Waals surface area contributed by atoms with Gasteiger partial charge in [-0.15, -0.1) is 11.3 Å². The quantitative estimate of drug-likeness (QED) is 0.390. The number of hydrogen-bond acceptors (Lipinski definition) is 3. The van der Waals surface area contributed by atoms with Crippen molar-refractivity contribution in [2.45, 2.75) is 76.2 Å². The highest BCUT2D eigenvalue weighted by atomic mass is 32.1. The largest absolute Gasteiger partial charge is 0.299 e. The van der Waals surface area contributed by atoms with Crippen LogP contribution in [0.2, 0.25) is 0 Å². The van der Waals surface area contributed by atoms with Crippen LogP contribution in [-0.4, -0.2) is 23.0 Å². The van der Waals surface area contributed by atoms with Gasteiger partial charge in [0.2, 0.25) is 0 Å². The summed E-state index contributed by atoms with van der Waals surface area (Å²) in [5.41, 5.74) is 7.19. The highest BCUT2D eigenvalue weighted by molar-refractivity contribution is 7.15. The Labute approximate surface area is 200 Å². The lowest BCUT2D eigenvalue weighted by atomic mass is 9.67.